The van der Waals surface area contributed by atoms with Gasteiger partial charge in [-0.1, -0.05) is 271 Å². The Hall–Kier alpha value is -4.19. The predicted octanol–water partition coefficient (Wildman–Crippen LogP) is 22.4. The third kappa shape index (κ3) is 62.7. The van der Waals surface area contributed by atoms with Gasteiger partial charge in [0.15, 0.2) is 6.10 Å². The van der Waals surface area contributed by atoms with E-state index in [4.69, 9.17) is 14.2 Å². The van der Waals surface area contributed by atoms with Gasteiger partial charge < -0.3 is 14.2 Å². The van der Waals surface area contributed by atoms with Gasteiger partial charge in [-0.05, 0) is 128 Å². The van der Waals surface area contributed by atoms with Gasteiger partial charge in [0.2, 0.25) is 0 Å². The molecule has 0 spiro atoms. The minimum atomic E-state index is -0.793. The van der Waals surface area contributed by atoms with Crippen LogP contribution < -0.4 is 0 Å². The van der Waals surface area contributed by atoms with E-state index in [0.717, 1.165) is 141 Å². The summed E-state index contributed by atoms with van der Waals surface area (Å²) in [5, 5.41) is 0. The van der Waals surface area contributed by atoms with E-state index < -0.39 is 6.10 Å². The number of hydrogen-bond donors (Lipinski definition) is 0. The highest BCUT2D eigenvalue weighted by atomic mass is 16.6. The van der Waals surface area contributed by atoms with Crippen molar-refractivity contribution in [3.8, 4) is 0 Å². The molecule has 6 nitrogen and oxygen atoms in total. The van der Waals surface area contributed by atoms with Gasteiger partial charge in [0.1, 0.15) is 13.2 Å². The van der Waals surface area contributed by atoms with Crippen LogP contribution in [0.3, 0.4) is 0 Å². The van der Waals surface area contributed by atoms with Crippen LogP contribution in [0.4, 0.5) is 0 Å². The lowest BCUT2D eigenvalue weighted by Crippen LogP contribution is -2.30. The molecule has 0 heterocycles. The summed E-state index contributed by atoms with van der Waals surface area (Å²) < 4.78 is 16.9. The van der Waals surface area contributed by atoms with Gasteiger partial charge in [-0.3, -0.25) is 14.4 Å². The number of carbonyl (C=O) groups is 3. The van der Waals surface area contributed by atoms with Crippen molar-refractivity contribution in [2.24, 2.45) is 0 Å². The first-order valence-electron chi connectivity index (χ1n) is 32.5. The van der Waals surface area contributed by atoms with Gasteiger partial charge in [-0.25, -0.2) is 0 Å². The maximum Gasteiger partial charge on any atom is 0.306 e. The van der Waals surface area contributed by atoms with E-state index in [1.165, 1.54) is 116 Å². The fraction of sp³-hybridized carbons (Fsp3) is 0.681. The summed E-state index contributed by atoms with van der Waals surface area (Å²) in [5.41, 5.74) is 0. The number of hydrogen-bond acceptors (Lipinski definition) is 6. The maximum absolute atomic E-state index is 12.9. The van der Waals surface area contributed by atoms with Crippen molar-refractivity contribution < 1.29 is 28.6 Å². The van der Waals surface area contributed by atoms with Gasteiger partial charge >= 0.3 is 17.9 Å². The molecule has 0 bridgehead atoms. The molecule has 1 atom stereocenters. The van der Waals surface area contributed by atoms with Crippen LogP contribution in [0.1, 0.15) is 297 Å². The lowest BCUT2D eigenvalue weighted by molar-refractivity contribution is -0.167. The second-order valence-corrected chi connectivity index (χ2v) is 21.3. The lowest BCUT2D eigenvalue weighted by atomic mass is 10.1. The summed E-state index contributed by atoms with van der Waals surface area (Å²) in [4.78, 5) is 38.2. The number of allylic oxidation sites excluding steroid dienone is 20. The zero-order valence-corrected chi connectivity index (χ0v) is 50.9. The van der Waals surface area contributed by atoms with Gasteiger partial charge in [-0.2, -0.15) is 0 Å². The number of ether oxygens (including phenoxy) is 3. The zero-order valence-electron chi connectivity index (χ0n) is 50.9. The van der Waals surface area contributed by atoms with Gasteiger partial charge in [0.25, 0.3) is 0 Å². The molecule has 0 N–H and O–H groups in total. The Morgan fingerprint density at radius 3 is 0.846 bits per heavy atom. The Morgan fingerprint density at radius 1 is 0.269 bits per heavy atom. The highest BCUT2D eigenvalue weighted by Gasteiger charge is 2.19. The molecule has 0 aliphatic carbocycles. The van der Waals surface area contributed by atoms with Crippen molar-refractivity contribution in [3.05, 3.63) is 122 Å². The summed E-state index contributed by atoms with van der Waals surface area (Å²) in [6.45, 7) is 6.44. The van der Waals surface area contributed by atoms with Gasteiger partial charge in [0.05, 0.1) is 0 Å². The minimum Gasteiger partial charge on any atom is -0.462 e. The molecule has 0 aliphatic heterocycles. The Bertz CT molecular complexity index is 1620. The molecular weight excluding hydrogens is 961 g/mol. The molecule has 1 unspecified atom stereocenters. The Morgan fingerprint density at radius 2 is 0.526 bits per heavy atom. The van der Waals surface area contributed by atoms with E-state index in [2.05, 4.69) is 142 Å². The Kier molecular flexibility index (Phi) is 61.8. The monoisotopic (exact) mass is 1080 g/mol. The van der Waals surface area contributed by atoms with Crippen LogP contribution in [0.25, 0.3) is 0 Å². The van der Waals surface area contributed by atoms with Crippen LogP contribution in [-0.4, -0.2) is 37.2 Å². The van der Waals surface area contributed by atoms with E-state index in [1.807, 2.05) is 0 Å². The predicted molar refractivity (Wildman–Crippen MR) is 339 cm³/mol. The van der Waals surface area contributed by atoms with Crippen molar-refractivity contribution in [1.82, 2.24) is 0 Å². The summed E-state index contributed by atoms with van der Waals surface area (Å²) in [6.07, 6.45) is 90.7. The van der Waals surface area contributed by atoms with Gasteiger partial charge in [-0.15, -0.1) is 0 Å². The number of carbonyl (C=O) groups excluding carboxylic acids is 3. The van der Waals surface area contributed by atoms with Crippen molar-refractivity contribution in [2.45, 2.75) is 303 Å². The first kappa shape index (κ1) is 73.8. The first-order valence-corrected chi connectivity index (χ1v) is 32.5. The summed E-state index contributed by atoms with van der Waals surface area (Å²) >= 11 is 0. The van der Waals surface area contributed by atoms with E-state index >= 15 is 0 Å². The van der Waals surface area contributed by atoms with E-state index in [0.29, 0.717) is 19.3 Å². The van der Waals surface area contributed by atoms with Crippen molar-refractivity contribution >= 4 is 17.9 Å². The highest BCUT2D eigenvalue weighted by molar-refractivity contribution is 5.71. The molecule has 0 saturated carbocycles. The Labute approximate surface area is 482 Å². The van der Waals surface area contributed by atoms with Gasteiger partial charge in [0, 0.05) is 19.3 Å². The zero-order chi connectivity index (χ0) is 56.4. The van der Waals surface area contributed by atoms with Crippen LogP contribution in [0, 0.1) is 0 Å². The van der Waals surface area contributed by atoms with Crippen LogP contribution in [0.2, 0.25) is 0 Å². The van der Waals surface area contributed by atoms with E-state index in [-0.39, 0.29) is 31.1 Å². The second-order valence-electron chi connectivity index (χ2n) is 21.3. The molecule has 0 amide bonds. The normalized spacial score (nSPS) is 12.9. The van der Waals surface area contributed by atoms with Crippen molar-refractivity contribution in [1.29, 1.82) is 0 Å². The van der Waals surface area contributed by atoms with Crippen LogP contribution in [0.5, 0.6) is 0 Å². The topological polar surface area (TPSA) is 78.9 Å². The Balaban J connectivity index is 4.28. The molecule has 0 saturated heterocycles. The molecule has 0 aromatic heterocycles. The number of unbranched alkanes of at least 4 members (excludes halogenated alkanes) is 27. The summed E-state index contributed by atoms with van der Waals surface area (Å²) in [7, 11) is 0. The van der Waals surface area contributed by atoms with Crippen molar-refractivity contribution in [2.75, 3.05) is 13.2 Å². The SMILES string of the molecule is CC/C=C\C/C=C\C/C=C\C/C=C\C/C=C\C/C=C\CCCCCCCCCCCCC(=O)OCC(COC(=O)CCCCCCC/C=C\CCC)OC(=O)CCCCCCCC/C=C\C/C=C\C/C=C\CCCCCCC. The first-order chi connectivity index (χ1) is 38.5. The summed E-state index contributed by atoms with van der Waals surface area (Å²) in [6, 6.07) is 0. The molecule has 0 aromatic rings. The fourth-order valence-electron chi connectivity index (χ4n) is 8.81. The molecule has 0 radical (unpaired) electrons. The molecule has 444 valence electrons. The van der Waals surface area contributed by atoms with Crippen molar-refractivity contribution in [3.63, 3.8) is 0 Å². The molecule has 0 aliphatic rings. The molecule has 0 aromatic carbocycles. The fourth-order valence-corrected chi connectivity index (χ4v) is 8.81. The third-order valence-corrected chi connectivity index (χ3v) is 13.7. The average Bonchev–Trinajstić information content (AvgIpc) is 3.44. The quantitative estimate of drug-likeness (QED) is 0.0261. The average molecular weight is 1080 g/mol. The van der Waals surface area contributed by atoms with E-state index in [1.54, 1.807) is 0 Å². The largest absolute Gasteiger partial charge is 0.462 e. The molecule has 0 rings (SSSR count). The van der Waals surface area contributed by atoms with Crippen LogP contribution in [0.15, 0.2) is 122 Å². The van der Waals surface area contributed by atoms with Crippen LogP contribution >= 0.6 is 0 Å². The standard InChI is InChI=1S/C72H120O6/c1-4-7-10-13-16-19-22-24-26-28-30-32-33-34-35-36-37-38-39-41-42-44-46-48-50-53-56-59-62-65-71(74)77-68-69(67-76-70(73)64-61-58-55-52-21-18-15-12-9-6-3)78-72(75)66-63-60-57-54-51-49-47-45-43-40-31-29-27-25-23-20-17-14-11-8-5-2/h7,10,12,15-16,19,23-26,29-32,34-35,37-38,43,45,69H,4-6,8-9,11,13-14,17-18,20-22,27-28,33,36,39-42,44,46-68H2,1-3H3/b10-7-,15-12-,19-16-,25-23-,26-24-,31-29-,32-30-,35-34-,38-37-,45-43-. The molecule has 6 heteroatoms. The number of rotatable bonds is 58. The lowest BCUT2D eigenvalue weighted by Gasteiger charge is -2.18. The molecule has 78 heavy (non-hydrogen) atoms. The molecular formula is C72H120O6. The maximum atomic E-state index is 12.9. The van der Waals surface area contributed by atoms with Crippen LogP contribution in [-0.2, 0) is 28.6 Å². The molecule has 0 fully saturated rings. The van der Waals surface area contributed by atoms with E-state index in [9.17, 15) is 14.4 Å². The smallest absolute Gasteiger partial charge is 0.306 e. The highest BCUT2D eigenvalue weighted by Crippen LogP contribution is 2.15. The third-order valence-electron chi connectivity index (χ3n) is 13.7. The number of esters is 3. The summed E-state index contributed by atoms with van der Waals surface area (Å²) in [5.74, 6) is -0.914. The second kappa shape index (κ2) is 65.3. The minimum absolute atomic E-state index is 0.0899.